The van der Waals surface area contributed by atoms with Crippen molar-refractivity contribution in [2.45, 2.75) is 53.4 Å². The average Bonchev–Trinajstić information content (AvgIpc) is 2.82. The molecule has 2 saturated heterocycles. The van der Waals surface area contributed by atoms with Crippen LogP contribution in [0.5, 0.6) is 0 Å². The number of hydrogen-bond donors (Lipinski definition) is 2. The molecule has 2 fully saturated rings. The van der Waals surface area contributed by atoms with Gasteiger partial charge in [0.25, 0.3) is 0 Å². The second-order valence-corrected chi connectivity index (χ2v) is 11.0. The van der Waals surface area contributed by atoms with Gasteiger partial charge in [0.15, 0.2) is 11.6 Å². The maximum absolute atomic E-state index is 14.9. The zero-order valence-corrected chi connectivity index (χ0v) is 21.8. The van der Waals surface area contributed by atoms with Gasteiger partial charge in [0.1, 0.15) is 5.82 Å². The second kappa shape index (κ2) is 10.0. The van der Waals surface area contributed by atoms with Gasteiger partial charge in [-0.1, -0.05) is 39.3 Å². The number of aromatic nitrogens is 3. The van der Waals surface area contributed by atoms with Crippen LogP contribution in [-0.4, -0.2) is 58.8 Å². The van der Waals surface area contributed by atoms with Crippen LogP contribution in [0.2, 0.25) is 0 Å². The third-order valence-electron chi connectivity index (χ3n) is 7.50. The number of nitrogens with one attached hydrogen (secondary N) is 2. The first-order valence-electron chi connectivity index (χ1n) is 12.5. The lowest BCUT2D eigenvalue weighted by Crippen LogP contribution is -2.48. The molecule has 4 heterocycles. The highest BCUT2D eigenvalue weighted by Crippen LogP contribution is 2.35. The van der Waals surface area contributed by atoms with E-state index in [1.807, 2.05) is 31.0 Å². The summed E-state index contributed by atoms with van der Waals surface area (Å²) in [5.74, 6) is 1.59. The molecule has 188 valence electrons. The molecule has 0 unspecified atom stereocenters. The van der Waals surface area contributed by atoms with Crippen molar-refractivity contribution in [2.75, 3.05) is 43.4 Å². The van der Waals surface area contributed by atoms with Gasteiger partial charge in [-0.15, -0.1) is 0 Å². The van der Waals surface area contributed by atoms with Gasteiger partial charge >= 0.3 is 0 Å². The smallest absolute Gasteiger partial charge is 0.230 e. The van der Waals surface area contributed by atoms with E-state index in [4.69, 9.17) is 5.41 Å². The second-order valence-electron chi connectivity index (χ2n) is 11.0. The summed E-state index contributed by atoms with van der Waals surface area (Å²) in [6, 6.07) is 4.05. The van der Waals surface area contributed by atoms with E-state index in [1.54, 1.807) is 0 Å². The van der Waals surface area contributed by atoms with E-state index in [0.29, 0.717) is 42.4 Å². The molecule has 2 aliphatic heterocycles. The van der Waals surface area contributed by atoms with E-state index in [9.17, 15) is 4.39 Å². The van der Waals surface area contributed by atoms with E-state index in [1.165, 1.54) is 11.8 Å². The topological polar surface area (TPSA) is 81.0 Å². The third-order valence-corrected chi connectivity index (χ3v) is 7.50. The molecule has 35 heavy (non-hydrogen) atoms. The number of halogens is 1. The van der Waals surface area contributed by atoms with E-state index in [0.717, 1.165) is 37.1 Å². The van der Waals surface area contributed by atoms with Gasteiger partial charge in [-0.05, 0) is 68.9 Å². The Morgan fingerprint density at radius 1 is 1.17 bits per heavy atom. The molecule has 7 nitrogen and oxygen atoms in total. The first-order valence-corrected chi connectivity index (χ1v) is 12.5. The number of likely N-dealkylation sites (tertiary alicyclic amines) is 1. The number of pyridine rings is 1. The average molecular weight is 480 g/mol. The maximum Gasteiger partial charge on any atom is 0.230 e. The van der Waals surface area contributed by atoms with Gasteiger partial charge in [0.05, 0.1) is 6.20 Å². The molecule has 0 saturated carbocycles. The Labute approximate surface area is 208 Å². The van der Waals surface area contributed by atoms with Crippen LogP contribution in [0, 0.1) is 22.6 Å². The predicted molar refractivity (Wildman–Crippen MR) is 140 cm³/mol. The Hall–Kier alpha value is -2.87. The lowest BCUT2D eigenvalue weighted by atomic mass is 9.77. The Bertz CT molecular complexity index is 1100. The number of anilines is 3. The first-order chi connectivity index (χ1) is 16.5. The van der Waals surface area contributed by atoms with Crippen molar-refractivity contribution in [2.24, 2.45) is 11.3 Å². The van der Waals surface area contributed by atoms with Crippen molar-refractivity contribution in [1.29, 1.82) is 5.41 Å². The van der Waals surface area contributed by atoms with E-state index >= 15 is 0 Å². The van der Waals surface area contributed by atoms with Gasteiger partial charge in [-0.2, -0.15) is 4.98 Å². The van der Waals surface area contributed by atoms with Crippen LogP contribution in [-0.2, 0) is 0 Å². The Balaban J connectivity index is 1.54. The quantitative estimate of drug-likeness (QED) is 0.597. The number of allylic oxidation sites excluding steroid dienone is 1. The van der Waals surface area contributed by atoms with Crippen LogP contribution in [0.25, 0.3) is 0 Å². The summed E-state index contributed by atoms with van der Waals surface area (Å²) in [6.45, 7) is 13.6. The van der Waals surface area contributed by atoms with Crippen LogP contribution < -0.4 is 10.2 Å². The van der Waals surface area contributed by atoms with E-state index < -0.39 is 11.2 Å². The molecule has 4 rings (SSSR count). The summed E-state index contributed by atoms with van der Waals surface area (Å²) in [4.78, 5) is 17.6. The summed E-state index contributed by atoms with van der Waals surface area (Å²) in [5.41, 5.74) is 3.59. The van der Waals surface area contributed by atoms with Gasteiger partial charge in [0.2, 0.25) is 5.95 Å². The van der Waals surface area contributed by atoms with Crippen LogP contribution >= 0.6 is 0 Å². The molecular weight excluding hydrogens is 441 g/mol. The number of nitrogens with zero attached hydrogens (tertiary/aromatic N) is 5. The summed E-state index contributed by atoms with van der Waals surface area (Å²) in [5, 5.41) is 11.9. The number of hydrogen-bond acceptors (Lipinski definition) is 7. The van der Waals surface area contributed by atoms with Gasteiger partial charge in [-0.3, -0.25) is 0 Å². The van der Waals surface area contributed by atoms with Gasteiger partial charge < -0.3 is 20.5 Å². The molecular formula is C27H38FN7. The summed E-state index contributed by atoms with van der Waals surface area (Å²) in [6.07, 6.45) is 5.42. The molecule has 0 aromatic carbocycles. The summed E-state index contributed by atoms with van der Waals surface area (Å²) < 4.78 is 14.9. The zero-order valence-electron chi connectivity index (χ0n) is 21.8. The van der Waals surface area contributed by atoms with Crippen molar-refractivity contribution in [1.82, 2.24) is 19.9 Å². The standard InChI is InChI=1S/C27H38FN7/c1-17(2)18(3)21-15-35(16-27(4,5)24(21)29)25-22(28)14-31-26(33-25)32-23-8-7-20(13-30-23)19-9-11-34(6)12-10-19/h7-8,13-14,17,19,29H,9-12,15-16H2,1-6H3,(H,30,31,32,33)/b21-18+,29-24?. The molecule has 0 radical (unpaired) electrons. The summed E-state index contributed by atoms with van der Waals surface area (Å²) in [7, 11) is 2.16. The monoisotopic (exact) mass is 479 g/mol. The van der Waals surface area contributed by atoms with Crippen molar-refractivity contribution in [3.8, 4) is 0 Å². The van der Waals surface area contributed by atoms with Gasteiger partial charge in [0, 0.05) is 30.4 Å². The number of rotatable bonds is 5. The minimum atomic E-state index is -0.466. The van der Waals surface area contributed by atoms with Crippen molar-refractivity contribution >= 4 is 23.3 Å². The highest BCUT2D eigenvalue weighted by Gasteiger charge is 2.37. The molecule has 2 N–H and O–H groups in total. The minimum Gasteiger partial charge on any atom is -0.349 e. The normalized spacial score (nSPS) is 20.9. The molecule has 8 heteroatoms. The molecule has 0 spiro atoms. The molecule has 0 bridgehead atoms. The predicted octanol–water partition coefficient (Wildman–Crippen LogP) is 5.40. The fraction of sp³-hybridized carbons (Fsp3) is 0.556. The fourth-order valence-corrected chi connectivity index (χ4v) is 4.93. The minimum absolute atomic E-state index is 0.250. The zero-order chi connectivity index (χ0) is 25.3. The summed E-state index contributed by atoms with van der Waals surface area (Å²) >= 11 is 0. The van der Waals surface area contributed by atoms with Gasteiger partial charge in [-0.25, -0.2) is 14.4 Å². The SMILES string of the molecule is C/C(=C1/CN(c2nc(Nc3ccc(C4CCN(C)CC4)cn3)ncc2F)CC(C)(C)C1=N)C(C)C. The lowest BCUT2D eigenvalue weighted by Gasteiger charge is -2.42. The Kier molecular flexibility index (Phi) is 7.22. The molecule has 2 aromatic rings. The van der Waals surface area contributed by atoms with Crippen molar-refractivity contribution in [3.05, 3.63) is 47.1 Å². The third kappa shape index (κ3) is 5.53. The highest BCUT2D eigenvalue weighted by atomic mass is 19.1. The molecule has 2 aromatic heterocycles. The van der Waals surface area contributed by atoms with Crippen LogP contribution in [0.1, 0.15) is 58.9 Å². The maximum atomic E-state index is 14.9. The molecule has 0 aliphatic carbocycles. The largest absolute Gasteiger partial charge is 0.349 e. The Morgan fingerprint density at radius 3 is 2.51 bits per heavy atom. The molecule has 2 aliphatic rings. The van der Waals surface area contributed by atoms with Crippen molar-refractivity contribution in [3.63, 3.8) is 0 Å². The molecule has 0 amide bonds. The van der Waals surface area contributed by atoms with E-state index in [2.05, 4.69) is 59.1 Å². The Morgan fingerprint density at radius 2 is 1.89 bits per heavy atom. The highest BCUT2D eigenvalue weighted by molar-refractivity contribution is 6.04. The van der Waals surface area contributed by atoms with Crippen LogP contribution in [0.3, 0.4) is 0 Å². The molecule has 0 atom stereocenters. The van der Waals surface area contributed by atoms with Crippen LogP contribution in [0.4, 0.5) is 22.0 Å². The fourth-order valence-electron chi connectivity index (χ4n) is 4.93. The lowest BCUT2D eigenvalue weighted by molar-refractivity contribution is 0.255. The first kappa shape index (κ1) is 25.2. The van der Waals surface area contributed by atoms with Crippen LogP contribution in [0.15, 0.2) is 35.7 Å². The van der Waals surface area contributed by atoms with E-state index in [-0.39, 0.29) is 5.82 Å². The van der Waals surface area contributed by atoms with Crippen molar-refractivity contribution < 1.29 is 4.39 Å². The number of piperidine rings is 2.